The predicted molar refractivity (Wildman–Crippen MR) is 179 cm³/mol. The van der Waals surface area contributed by atoms with Crippen LogP contribution in [-0.2, 0) is 24.4 Å². The van der Waals surface area contributed by atoms with Gasteiger partial charge in [-0.15, -0.1) is 0 Å². The molecule has 2 saturated carbocycles. The van der Waals surface area contributed by atoms with Gasteiger partial charge < -0.3 is 25.4 Å². The first-order valence-corrected chi connectivity index (χ1v) is 18.8. The van der Waals surface area contributed by atoms with E-state index in [0.717, 1.165) is 0 Å². The SMILES string of the molecule is Cc1nc2cc(F)ccc2c2c1OC1(CC2F)C[C@H]2C(=O)N[C@]3(C(=O)NS(=O)(=O)C4(C)CC4)C[C@H]3/C=C\CCCCC[C@H](NC(=O)O)C(=O)N2C1. The van der Waals surface area contributed by atoms with Crippen molar-refractivity contribution in [3.8, 4) is 5.75 Å². The molecule has 2 aromatic rings. The Morgan fingerprint density at radius 3 is 2.63 bits per heavy atom. The number of hydrogen-bond acceptors (Lipinski definition) is 8. The molecule has 3 fully saturated rings. The number of carboxylic acid groups (broad SMARTS) is 1. The number of nitrogens with one attached hydrogen (secondary N) is 3. The average molecular weight is 730 g/mol. The number of nitrogens with zero attached hydrogens (tertiary/aromatic N) is 2. The van der Waals surface area contributed by atoms with Crippen LogP contribution in [-0.4, -0.2) is 81.7 Å². The second-order valence-electron chi connectivity index (χ2n) is 15.0. The van der Waals surface area contributed by atoms with Gasteiger partial charge >= 0.3 is 6.09 Å². The average Bonchev–Trinajstić information content (AvgIpc) is 3.94. The Labute approximate surface area is 293 Å². The number of pyridine rings is 1. The zero-order valence-corrected chi connectivity index (χ0v) is 29.2. The van der Waals surface area contributed by atoms with Gasteiger partial charge in [0.25, 0.3) is 5.91 Å². The topological polar surface area (TPSA) is 184 Å². The van der Waals surface area contributed by atoms with E-state index < -0.39 is 79.7 Å². The number of halogens is 2. The minimum Gasteiger partial charge on any atom is -0.483 e. The molecule has 16 heteroatoms. The Kier molecular flexibility index (Phi) is 8.54. The summed E-state index contributed by atoms with van der Waals surface area (Å²) in [6, 6.07) is 1.28. The number of alkyl halides is 1. The highest BCUT2D eigenvalue weighted by atomic mass is 32.2. The lowest BCUT2D eigenvalue weighted by atomic mass is 9.86. The molecule has 2 unspecified atom stereocenters. The molecule has 7 rings (SSSR count). The Bertz CT molecular complexity index is 1970. The zero-order chi connectivity index (χ0) is 36.5. The number of aryl methyl sites for hydroxylation is 1. The van der Waals surface area contributed by atoms with E-state index in [0.29, 0.717) is 43.9 Å². The summed E-state index contributed by atoms with van der Waals surface area (Å²) in [4.78, 5) is 59.8. The number of allylic oxidation sites excluding steroid dienone is 1. The predicted octanol–water partition coefficient (Wildman–Crippen LogP) is 3.85. The highest BCUT2D eigenvalue weighted by molar-refractivity contribution is 7.91. The third-order valence-electron chi connectivity index (χ3n) is 11.2. The lowest BCUT2D eigenvalue weighted by Gasteiger charge is -2.38. The van der Waals surface area contributed by atoms with Crippen molar-refractivity contribution >= 4 is 44.7 Å². The third kappa shape index (κ3) is 6.29. The van der Waals surface area contributed by atoms with Crippen molar-refractivity contribution in [3.63, 3.8) is 0 Å². The van der Waals surface area contributed by atoms with E-state index in [4.69, 9.17) is 4.74 Å². The second kappa shape index (κ2) is 12.4. The fourth-order valence-electron chi connectivity index (χ4n) is 7.86. The Balaban J connectivity index is 1.25. The number of carbonyl (C=O) groups is 4. The number of benzene rings is 1. The van der Waals surface area contributed by atoms with Crippen LogP contribution in [0, 0.1) is 18.7 Å². The van der Waals surface area contributed by atoms with Gasteiger partial charge in [-0.3, -0.25) is 19.1 Å². The third-order valence-corrected chi connectivity index (χ3v) is 13.4. The molecule has 2 aliphatic carbocycles. The summed E-state index contributed by atoms with van der Waals surface area (Å²) in [5, 5.41) is 15.0. The van der Waals surface area contributed by atoms with Crippen LogP contribution in [0.4, 0.5) is 13.6 Å². The van der Waals surface area contributed by atoms with E-state index in [9.17, 15) is 37.1 Å². The van der Waals surface area contributed by atoms with Crippen LogP contribution < -0.4 is 20.1 Å². The number of ether oxygens (including phenoxy) is 1. The maximum absolute atomic E-state index is 16.4. The van der Waals surface area contributed by atoms with Gasteiger partial charge in [0.1, 0.15) is 41.0 Å². The number of carbonyl (C=O) groups excluding carboxylic acids is 3. The molecular formula is C35H41F2N5O8S. The van der Waals surface area contributed by atoms with Crippen LogP contribution in [0.15, 0.2) is 30.4 Å². The number of amides is 4. The van der Waals surface area contributed by atoms with Gasteiger partial charge in [-0.1, -0.05) is 25.0 Å². The molecule has 1 aromatic heterocycles. The summed E-state index contributed by atoms with van der Waals surface area (Å²) in [6.45, 7) is 2.85. The Morgan fingerprint density at radius 1 is 1.14 bits per heavy atom. The summed E-state index contributed by atoms with van der Waals surface area (Å²) < 4.78 is 64.2. The van der Waals surface area contributed by atoms with Gasteiger partial charge in [0.15, 0.2) is 0 Å². The van der Waals surface area contributed by atoms with Gasteiger partial charge in [0.05, 0.1) is 22.5 Å². The first-order valence-electron chi connectivity index (χ1n) is 17.4. The second-order valence-corrected chi connectivity index (χ2v) is 17.2. The van der Waals surface area contributed by atoms with Gasteiger partial charge in [0.2, 0.25) is 21.8 Å². The highest BCUT2D eigenvalue weighted by Crippen LogP contribution is 2.51. The van der Waals surface area contributed by atoms with Gasteiger partial charge in [-0.05, 0) is 64.5 Å². The molecule has 0 radical (unpaired) electrons. The van der Waals surface area contributed by atoms with Gasteiger partial charge in [0, 0.05) is 35.8 Å². The van der Waals surface area contributed by atoms with Crippen LogP contribution in [0.1, 0.15) is 88.6 Å². The summed E-state index contributed by atoms with van der Waals surface area (Å²) in [7, 11) is -4.05. The summed E-state index contributed by atoms with van der Waals surface area (Å²) in [6.07, 6.45) is 3.66. The van der Waals surface area contributed by atoms with Gasteiger partial charge in [-0.25, -0.2) is 27.0 Å². The fourth-order valence-corrected chi connectivity index (χ4v) is 9.17. The summed E-state index contributed by atoms with van der Waals surface area (Å²) in [5.41, 5.74) is -2.36. The van der Waals surface area contributed by atoms with Crippen LogP contribution >= 0.6 is 0 Å². The highest BCUT2D eigenvalue weighted by Gasteiger charge is 2.64. The molecule has 274 valence electrons. The molecule has 0 bridgehead atoms. The molecule has 3 aliphatic heterocycles. The van der Waals surface area contributed by atoms with E-state index in [1.165, 1.54) is 23.1 Å². The maximum Gasteiger partial charge on any atom is 0.405 e. The van der Waals surface area contributed by atoms with E-state index >= 15 is 4.39 Å². The van der Waals surface area contributed by atoms with Crippen molar-refractivity contribution in [2.24, 2.45) is 5.92 Å². The van der Waals surface area contributed by atoms with Crippen molar-refractivity contribution in [1.29, 1.82) is 0 Å². The lowest BCUT2D eigenvalue weighted by molar-refractivity contribution is -0.141. The maximum atomic E-state index is 16.4. The number of sulfonamides is 1. The van der Waals surface area contributed by atoms with Crippen LogP contribution in [0.3, 0.4) is 0 Å². The first-order chi connectivity index (χ1) is 24.1. The molecule has 1 saturated heterocycles. The first kappa shape index (κ1) is 35.1. The van der Waals surface area contributed by atoms with E-state index in [1.807, 2.05) is 6.08 Å². The summed E-state index contributed by atoms with van der Waals surface area (Å²) >= 11 is 0. The Hall–Kier alpha value is -4.34. The van der Waals surface area contributed by atoms with Gasteiger partial charge in [-0.2, -0.15) is 0 Å². The van der Waals surface area contributed by atoms with E-state index in [2.05, 4.69) is 20.3 Å². The smallest absolute Gasteiger partial charge is 0.405 e. The molecule has 1 spiro atoms. The number of rotatable bonds is 4. The number of hydrogen-bond donors (Lipinski definition) is 4. The largest absolute Gasteiger partial charge is 0.483 e. The molecule has 13 nitrogen and oxygen atoms in total. The van der Waals surface area contributed by atoms with E-state index in [-0.39, 0.29) is 54.8 Å². The van der Waals surface area contributed by atoms with Crippen LogP contribution in [0.2, 0.25) is 0 Å². The Morgan fingerprint density at radius 2 is 1.90 bits per heavy atom. The van der Waals surface area contributed by atoms with Crippen molar-refractivity contribution in [2.45, 2.75) is 112 Å². The minimum absolute atomic E-state index is 0.116. The van der Waals surface area contributed by atoms with Crippen LogP contribution in [0.25, 0.3) is 10.9 Å². The standard InChI is InChI=1S/C35H41F2N5O8S/c1-19-28-27(22-11-10-21(36)14-25(22)38-19)23(37)16-34(50-28)17-26-29(43)40-35(31(45)41-51(48,49)33(2)12-13-33)15-20(35)8-6-4-3-5-7-9-24(39-32(46)47)30(44)42(26)18-34/h6,8,10-11,14,20,23-24,26,39H,3-5,7,9,12-13,15-18H2,1-2H3,(H,40,43)(H,41,45)(H,46,47)/b8-6-/t20-,23?,24+,26+,34?,35-/m1/s1. The molecule has 51 heavy (non-hydrogen) atoms. The molecule has 4 heterocycles. The molecule has 6 atom stereocenters. The lowest BCUT2D eigenvalue weighted by Crippen LogP contribution is -2.58. The molecule has 5 aliphatic rings. The molecule has 4 N–H and O–H groups in total. The van der Waals surface area contributed by atoms with Crippen molar-refractivity contribution in [3.05, 3.63) is 47.4 Å². The fraction of sp³-hybridized carbons (Fsp3) is 0.571. The minimum atomic E-state index is -4.05. The normalized spacial score (nSPS) is 32.3. The summed E-state index contributed by atoms with van der Waals surface area (Å²) in [5.74, 6) is -3.30. The zero-order valence-electron chi connectivity index (χ0n) is 28.3. The molecule has 1 aromatic carbocycles. The van der Waals surface area contributed by atoms with Crippen molar-refractivity contribution < 1.29 is 46.2 Å². The number of aromatic nitrogens is 1. The monoisotopic (exact) mass is 729 g/mol. The van der Waals surface area contributed by atoms with E-state index in [1.54, 1.807) is 19.9 Å². The van der Waals surface area contributed by atoms with Crippen LogP contribution in [0.5, 0.6) is 5.75 Å². The van der Waals surface area contributed by atoms with Crippen molar-refractivity contribution in [2.75, 3.05) is 6.54 Å². The molecular weight excluding hydrogens is 688 g/mol. The molecule has 4 amide bonds. The number of fused-ring (bicyclic) bond motifs is 5. The quantitative estimate of drug-likeness (QED) is 0.340. The van der Waals surface area contributed by atoms with Crippen molar-refractivity contribution in [1.82, 2.24) is 25.2 Å².